The Morgan fingerprint density at radius 1 is 1.56 bits per heavy atom. The predicted molar refractivity (Wildman–Crippen MR) is 64.8 cm³/mol. The maximum Gasteiger partial charge on any atom is 0.199 e. The first-order valence-electron chi connectivity index (χ1n) is 6.40. The molecular formula is C13H22N2O. The lowest BCUT2D eigenvalue weighted by molar-refractivity contribution is 0.368. The number of oxazole rings is 1. The molecule has 1 aliphatic rings. The largest absolute Gasteiger partial charge is 0.445 e. The first-order valence-corrected chi connectivity index (χ1v) is 6.40. The van der Waals surface area contributed by atoms with Gasteiger partial charge in [-0.2, -0.15) is 0 Å². The van der Waals surface area contributed by atoms with Gasteiger partial charge < -0.3 is 9.73 Å². The van der Waals surface area contributed by atoms with Gasteiger partial charge in [-0.25, -0.2) is 4.98 Å². The smallest absolute Gasteiger partial charge is 0.199 e. The fraction of sp³-hybridized carbons (Fsp3) is 0.769. The quantitative estimate of drug-likeness (QED) is 0.854. The van der Waals surface area contributed by atoms with Crippen molar-refractivity contribution in [2.75, 3.05) is 13.1 Å². The first kappa shape index (κ1) is 11.6. The summed E-state index contributed by atoms with van der Waals surface area (Å²) in [7, 11) is 0. The summed E-state index contributed by atoms with van der Waals surface area (Å²) >= 11 is 0. The van der Waals surface area contributed by atoms with Crippen LogP contribution < -0.4 is 5.32 Å². The Balaban J connectivity index is 2.16. The number of nitrogens with one attached hydrogen (secondary N) is 1. The van der Waals surface area contributed by atoms with Gasteiger partial charge in [-0.1, -0.05) is 13.8 Å². The number of aromatic nitrogens is 1. The van der Waals surface area contributed by atoms with Crippen LogP contribution in [0.2, 0.25) is 0 Å². The highest BCUT2D eigenvalue weighted by molar-refractivity contribution is 5.15. The van der Waals surface area contributed by atoms with Crippen LogP contribution in [0.25, 0.3) is 0 Å². The zero-order chi connectivity index (χ0) is 11.5. The summed E-state index contributed by atoms with van der Waals surface area (Å²) < 4.78 is 5.83. The molecule has 0 saturated carbocycles. The maximum absolute atomic E-state index is 5.83. The number of nitrogens with zero attached hydrogens (tertiary/aromatic N) is 1. The summed E-state index contributed by atoms with van der Waals surface area (Å²) in [6.07, 6.45) is 3.55. The summed E-state index contributed by atoms with van der Waals surface area (Å²) in [5.74, 6) is 2.94. The van der Waals surface area contributed by atoms with E-state index < -0.39 is 0 Å². The Bertz CT molecular complexity index is 340. The lowest BCUT2D eigenvalue weighted by Crippen LogP contribution is -2.28. The van der Waals surface area contributed by atoms with E-state index in [2.05, 4.69) is 19.2 Å². The molecule has 1 N–H and O–H groups in total. The third-order valence-electron chi connectivity index (χ3n) is 3.57. The van der Waals surface area contributed by atoms with E-state index in [0.29, 0.717) is 11.8 Å². The minimum absolute atomic E-state index is 0.477. The molecule has 3 heteroatoms. The van der Waals surface area contributed by atoms with Crippen molar-refractivity contribution in [1.29, 1.82) is 0 Å². The molecule has 2 rings (SSSR count). The Kier molecular flexibility index (Phi) is 3.64. The molecule has 2 atom stereocenters. The molecule has 0 unspecified atom stereocenters. The number of rotatable bonds is 3. The van der Waals surface area contributed by atoms with Gasteiger partial charge in [0.1, 0.15) is 5.76 Å². The van der Waals surface area contributed by atoms with E-state index in [-0.39, 0.29) is 0 Å². The zero-order valence-corrected chi connectivity index (χ0v) is 10.5. The summed E-state index contributed by atoms with van der Waals surface area (Å²) in [5, 5.41) is 3.41. The van der Waals surface area contributed by atoms with Gasteiger partial charge in [-0.15, -0.1) is 0 Å². The number of hydrogen-bond acceptors (Lipinski definition) is 3. The normalized spacial score (nSPS) is 23.3. The molecule has 0 spiro atoms. The number of piperidine rings is 1. The lowest BCUT2D eigenvalue weighted by atomic mass is 9.99. The molecule has 1 aliphatic heterocycles. The summed E-state index contributed by atoms with van der Waals surface area (Å²) in [6, 6.07) is 0. The van der Waals surface area contributed by atoms with Gasteiger partial charge in [0.15, 0.2) is 5.89 Å². The Morgan fingerprint density at radius 3 is 3.00 bits per heavy atom. The second-order valence-corrected chi connectivity index (χ2v) is 4.85. The minimum atomic E-state index is 0.477. The molecule has 2 heterocycles. The van der Waals surface area contributed by atoms with Crippen molar-refractivity contribution in [3.63, 3.8) is 0 Å². The van der Waals surface area contributed by atoms with Crippen LogP contribution >= 0.6 is 0 Å². The second kappa shape index (κ2) is 5.00. The van der Waals surface area contributed by atoms with E-state index in [1.54, 1.807) is 0 Å². The average molecular weight is 222 g/mol. The van der Waals surface area contributed by atoms with Crippen molar-refractivity contribution in [1.82, 2.24) is 10.3 Å². The van der Waals surface area contributed by atoms with Crippen LogP contribution in [-0.4, -0.2) is 18.1 Å². The average Bonchev–Trinajstić information content (AvgIpc) is 2.71. The molecule has 1 fully saturated rings. The molecule has 3 nitrogen and oxygen atoms in total. The Morgan fingerprint density at radius 2 is 2.38 bits per heavy atom. The van der Waals surface area contributed by atoms with Crippen LogP contribution in [-0.2, 0) is 0 Å². The Labute approximate surface area is 97.6 Å². The monoisotopic (exact) mass is 222 g/mol. The number of hydrogen-bond donors (Lipinski definition) is 1. The fourth-order valence-corrected chi connectivity index (χ4v) is 2.32. The van der Waals surface area contributed by atoms with Crippen molar-refractivity contribution in [3.8, 4) is 0 Å². The van der Waals surface area contributed by atoms with Gasteiger partial charge in [-0.05, 0) is 32.7 Å². The standard InChI is InChI=1S/C13H22N2O/c1-4-9(2)12-10(3)16-13(15-12)11-6-5-7-14-8-11/h9,11,14H,4-8H2,1-3H3/t9-,11-/m1/s1. The fourth-order valence-electron chi connectivity index (χ4n) is 2.32. The zero-order valence-electron chi connectivity index (χ0n) is 10.5. The maximum atomic E-state index is 5.83. The van der Waals surface area contributed by atoms with Gasteiger partial charge >= 0.3 is 0 Å². The van der Waals surface area contributed by atoms with Gasteiger partial charge in [0.25, 0.3) is 0 Å². The van der Waals surface area contributed by atoms with E-state index in [1.807, 2.05) is 6.92 Å². The molecule has 0 amide bonds. The van der Waals surface area contributed by atoms with Crippen molar-refractivity contribution in [2.24, 2.45) is 0 Å². The van der Waals surface area contributed by atoms with Crippen LogP contribution in [0.1, 0.15) is 62.3 Å². The van der Waals surface area contributed by atoms with E-state index >= 15 is 0 Å². The summed E-state index contributed by atoms with van der Waals surface area (Å²) in [6.45, 7) is 8.59. The van der Waals surface area contributed by atoms with E-state index in [1.165, 1.54) is 12.8 Å². The molecule has 1 aromatic rings. The molecule has 0 aromatic carbocycles. The highest BCUT2D eigenvalue weighted by Gasteiger charge is 2.23. The highest BCUT2D eigenvalue weighted by atomic mass is 16.4. The summed E-state index contributed by atoms with van der Waals surface area (Å²) in [5.41, 5.74) is 1.16. The SMILES string of the molecule is CC[C@@H](C)c1nc([C@@H]2CCCNC2)oc1C. The predicted octanol–water partition coefficient (Wildman–Crippen LogP) is 2.96. The molecular weight excluding hydrogens is 200 g/mol. The van der Waals surface area contributed by atoms with Gasteiger partial charge in [-0.3, -0.25) is 0 Å². The van der Waals surface area contributed by atoms with Crippen LogP contribution in [0.5, 0.6) is 0 Å². The van der Waals surface area contributed by atoms with Crippen molar-refractivity contribution >= 4 is 0 Å². The van der Waals surface area contributed by atoms with E-state index in [4.69, 9.17) is 9.40 Å². The first-order chi connectivity index (χ1) is 7.72. The van der Waals surface area contributed by atoms with E-state index in [9.17, 15) is 0 Å². The van der Waals surface area contributed by atoms with Crippen LogP contribution in [0, 0.1) is 6.92 Å². The lowest BCUT2D eigenvalue weighted by Gasteiger charge is -2.19. The molecule has 90 valence electrons. The van der Waals surface area contributed by atoms with Gasteiger partial charge in [0.05, 0.1) is 5.69 Å². The third kappa shape index (κ3) is 2.29. The van der Waals surface area contributed by atoms with Crippen LogP contribution in [0.4, 0.5) is 0 Å². The topological polar surface area (TPSA) is 38.1 Å². The number of aryl methyl sites for hydroxylation is 1. The van der Waals surface area contributed by atoms with Crippen molar-refractivity contribution < 1.29 is 4.42 Å². The van der Waals surface area contributed by atoms with Crippen LogP contribution in [0.15, 0.2) is 4.42 Å². The molecule has 0 bridgehead atoms. The summed E-state index contributed by atoms with van der Waals surface area (Å²) in [4.78, 5) is 4.70. The third-order valence-corrected chi connectivity index (χ3v) is 3.57. The van der Waals surface area contributed by atoms with Crippen molar-refractivity contribution in [3.05, 3.63) is 17.3 Å². The minimum Gasteiger partial charge on any atom is -0.445 e. The van der Waals surface area contributed by atoms with Crippen LogP contribution in [0.3, 0.4) is 0 Å². The van der Waals surface area contributed by atoms with E-state index in [0.717, 1.165) is 36.9 Å². The van der Waals surface area contributed by atoms with Gasteiger partial charge in [0.2, 0.25) is 0 Å². The molecule has 1 saturated heterocycles. The molecule has 16 heavy (non-hydrogen) atoms. The Hall–Kier alpha value is -0.830. The molecule has 0 aliphatic carbocycles. The molecule has 0 radical (unpaired) electrons. The van der Waals surface area contributed by atoms with Gasteiger partial charge in [0, 0.05) is 18.4 Å². The highest BCUT2D eigenvalue weighted by Crippen LogP contribution is 2.28. The molecule has 1 aromatic heterocycles. The van der Waals surface area contributed by atoms with Crippen molar-refractivity contribution in [2.45, 2.75) is 51.9 Å². The second-order valence-electron chi connectivity index (χ2n) is 4.85.